The van der Waals surface area contributed by atoms with E-state index >= 15 is 0 Å². The summed E-state index contributed by atoms with van der Waals surface area (Å²) in [5.41, 5.74) is -2.27. The van der Waals surface area contributed by atoms with E-state index in [4.69, 9.17) is 4.55 Å². The Morgan fingerprint density at radius 1 is 0.574 bits per heavy atom. The highest BCUT2D eigenvalue weighted by molar-refractivity contribution is 7.92. The topological polar surface area (TPSA) is 331 Å². The fourth-order valence-corrected chi connectivity index (χ4v) is 7.28. The average Bonchev–Trinajstić information content (AvgIpc) is 2.94. The van der Waals surface area contributed by atoms with E-state index in [1.807, 2.05) is 0 Å². The zero-order valence-electron chi connectivity index (χ0n) is 23.3. The van der Waals surface area contributed by atoms with Gasteiger partial charge in [0, 0.05) is 12.1 Å². The summed E-state index contributed by atoms with van der Waals surface area (Å²) in [6.45, 7) is 0.268. The number of benzene rings is 3. The molecule has 0 saturated carbocycles. The standard InChI is InChI=1S/C22H22N4O16S5/c1-2-43(29,30)13-3-5-15(21(9-13)45(33,34)35)23-25-17-11-18(20(28)12-19(17)27)26-24-16-6-4-14(10-22(16)46(36,37)38)44(31,32)8-7-42-47(39,40)41/h3-6,9-12,27-28H,2,7-8H2,1H3,(H,33,34,35)(H,36,37,38)(H,39,40,41). The van der Waals surface area contributed by atoms with Crippen LogP contribution in [0.2, 0.25) is 0 Å². The molecule has 3 rings (SSSR count). The van der Waals surface area contributed by atoms with Crippen LogP contribution in [0.5, 0.6) is 11.5 Å². The molecule has 0 aliphatic rings. The molecule has 0 atom stereocenters. The highest BCUT2D eigenvalue weighted by Crippen LogP contribution is 2.41. The van der Waals surface area contributed by atoms with E-state index in [0.717, 1.165) is 30.3 Å². The van der Waals surface area contributed by atoms with Crippen molar-refractivity contribution >= 4 is 73.1 Å². The van der Waals surface area contributed by atoms with E-state index in [1.165, 1.54) is 6.92 Å². The van der Waals surface area contributed by atoms with Crippen LogP contribution in [0.25, 0.3) is 0 Å². The van der Waals surface area contributed by atoms with Crippen LogP contribution >= 0.6 is 0 Å². The monoisotopic (exact) mass is 758 g/mol. The van der Waals surface area contributed by atoms with Crippen molar-refractivity contribution < 1.29 is 70.1 Å². The fourth-order valence-electron chi connectivity index (χ4n) is 3.42. The molecule has 20 nitrogen and oxygen atoms in total. The molecule has 256 valence electrons. The van der Waals surface area contributed by atoms with Crippen LogP contribution in [0.1, 0.15) is 6.92 Å². The number of sulfone groups is 2. The number of phenolic OH excluding ortho intramolecular Hbond substituents is 2. The first-order chi connectivity index (χ1) is 21.4. The largest absolute Gasteiger partial charge is 0.505 e. The van der Waals surface area contributed by atoms with E-state index in [9.17, 15) is 61.4 Å². The normalized spacial score (nSPS) is 13.4. The van der Waals surface area contributed by atoms with Crippen molar-refractivity contribution in [3.8, 4) is 11.5 Å². The van der Waals surface area contributed by atoms with Gasteiger partial charge in [-0.15, -0.1) is 20.5 Å². The molecule has 0 spiro atoms. The van der Waals surface area contributed by atoms with Crippen molar-refractivity contribution in [3.63, 3.8) is 0 Å². The van der Waals surface area contributed by atoms with Crippen molar-refractivity contribution in [2.24, 2.45) is 20.5 Å². The van der Waals surface area contributed by atoms with Crippen LogP contribution < -0.4 is 0 Å². The number of hydrogen-bond donors (Lipinski definition) is 5. The first-order valence-electron chi connectivity index (χ1n) is 12.1. The molecule has 0 amide bonds. The minimum absolute atomic E-state index is 0.387. The molecule has 3 aromatic rings. The molecule has 47 heavy (non-hydrogen) atoms. The van der Waals surface area contributed by atoms with E-state index in [-0.39, 0.29) is 5.75 Å². The van der Waals surface area contributed by atoms with Crippen LogP contribution in [0.4, 0.5) is 22.7 Å². The Bertz CT molecular complexity index is 2340. The summed E-state index contributed by atoms with van der Waals surface area (Å²) in [6.07, 6.45) is 0. The molecule has 0 aliphatic heterocycles. The molecule has 0 heterocycles. The Kier molecular flexibility index (Phi) is 10.9. The van der Waals surface area contributed by atoms with E-state index in [2.05, 4.69) is 24.6 Å². The predicted molar refractivity (Wildman–Crippen MR) is 158 cm³/mol. The summed E-state index contributed by atoms with van der Waals surface area (Å²) in [6, 6.07) is 6.11. The van der Waals surface area contributed by atoms with Crippen molar-refractivity contribution in [1.29, 1.82) is 0 Å². The fraction of sp³-hybridized carbons (Fsp3) is 0.182. The molecule has 25 heteroatoms. The molecule has 0 bridgehead atoms. The summed E-state index contributed by atoms with van der Waals surface area (Å²) in [5.74, 6) is -2.95. The molecule has 0 radical (unpaired) electrons. The lowest BCUT2D eigenvalue weighted by Gasteiger charge is -2.08. The second-order valence-electron chi connectivity index (χ2n) is 8.91. The molecule has 5 N–H and O–H groups in total. The number of hydrogen-bond acceptors (Lipinski definition) is 17. The van der Waals surface area contributed by atoms with Crippen molar-refractivity contribution in [2.45, 2.75) is 26.5 Å². The van der Waals surface area contributed by atoms with Gasteiger partial charge in [0.25, 0.3) is 20.2 Å². The molecule has 0 aliphatic carbocycles. The second-order valence-corrected chi connectivity index (χ2v) is 17.2. The lowest BCUT2D eigenvalue weighted by Crippen LogP contribution is -2.16. The smallest absolute Gasteiger partial charge is 0.397 e. The molecule has 0 aromatic heterocycles. The quantitative estimate of drug-likeness (QED) is 0.124. The molecule has 3 aromatic carbocycles. The summed E-state index contributed by atoms with van der Waals surface area (Å²) in [5, 5.41) is 34.8. The van der Waals surface area contributed by atoms with Gasteiger partial charge in [-0.05, 0) is 36.4 Å². The van der Waals surface area contributed by atoms with Gasteiger partial charge in [0.1, 0.15) is 44.0 Å². The van der Waals surface area contributed by atoms with E-state index < -0.39 is 116 Å². The minimum atomic E-state index is -5.19. The summed E-state index contributed by atoms with van der Waals surface area (Å²) in [4.78, 5) is -3.21. The Labute approximate surface area is 267 Å². The van der Waals surface area contributed by atoms with Gasteiger partial charge in [0.05, 0.1) is 27.9 Å². The van der Waals surface area contributed by atoms with Gasteiger partial charge in [-0.1, -0.05) is 6.92 Å². The van der Waals surface area contributed by atoms with Crippen LogP contribution in [-0.4, -0.2) is 84.1 Å². The Hall–Kier alpha value is -3.95. The van der Waals surface area contributed by atoms with Gasteiger partial charge in [0.15, 0.2) is 19.7 Å². The maximum absolute atomic E-state index is 12.5. The summed E-state index contributed by atoms with van der Waals surface area (Å²) in [7, 11) is -23.5. The second kappa shape index (κ2) is 13.6. The lowest BCUT2D eigenvalue weighted by molar-refractivity contribution is 0.284. The highest BCUT2D eigenvalue weighted by Gasteiger charge is 2.24. The maximum atomic E-state index is 12.5. The zero-order chi connectivity index (χ0) is 35.6. The SMILES string of the molecule is CCS(=O)(=O)c1ccc(N=Nc2cc(N=Nc3ccc(S(=O)(=O)CCOS(=O)(=O)O)cc3S(=O)(=O)O)c(O)cc2O)c(S(=O)(=O)O)c1. The van der Waals surface area contributed by atoms with Crippen molar-refractivity contribution in [3.05, 3.63) is 48.5 Å². The summed E-state index contributed by atoms with van der Waals surface area (Å²) >= 11 is 0. The van der Waals surface area contributed by atoms with Crippen LogP contribution in [-0.2, 0) is 54.5 Å². The molecular formula is C22H22N4O16S5. The van der Waals surface area contributed by atoms with Crippen molar-refractivity contribution in [1.82, 2.24) is 0 Å². The summed E-state index contributed by atoms with van der Waals surface area (Å²) < 4.78 is 150. The lowest BCUT2D eigenvalue weighted by atomic mass is 10.2. The number of nitrogens with zero attached hydrogens (tertiary/aromatic N) is 4. The minimum Gasteiger partial charge on any atom is -0.505 e. The van der Waals surface area contributed by atoms with Crippen molar-refractivity contribution in [2.75, 3.05) is 18.1 Å². The maximum Gasteiger partial charge on any atom is 0.397 e. The number of aromatic hydroxyl groups is 2. The molecule has 0 unspecified atom stereocenters. The third-order valence-electron chi connectivity index (χ3n) is 5.70. The van der Waals surface area contributed by atoms with Crippen LogP contribution in [0.3, 0.4) is 0 Å². The predicted octanol–water partition coefficient (Wildman–Crippen LogP) is 2.81. The molecule has 0 saturated heterocycles. The van der Waals surface area contributed by atoms with E-state index in [1.54, 1.807) is 0 Å². The van der Waals surface area contributed by atoms with Gasteiger partial charge in [0.2, 0.25) is 0 Å². The number of phenols is 2. The van der Waals surface area contributed by atoms with Gasteiger partial charge in [-0.2, -0.15) is 25.3 Å². The van der Waals surface area contributed by atoms with Gasteiger partial charge in [-0.25, -0.2) is 21.0 Å². The average molecular weight is 759 g/mol. The third kappa shape index (κ3) is 9.78. The van der Waals surface area contributed by atoms with Crippen LogP contribution in [0, 0.1) is 0 Å². The van der Waals surface area contributed by atoms with Gasteiger partial charge < -0.3 is 10.2 Å². The number of rotatable bonds is 13. The van der Waals surface area contributed by atoms with Gasteiger partial charge in [-0.3, -0.25) is 13.7 Å². The zero-order valence-corrected chi connectivity index (χ0v) is 27.4. The van der Waals surface area contributed by atoms with Crippen LogP contribution in [0.15, 0.2) is 88.6 Å². The Morgan fingerprint density at radius 3 is 1.36 bits per heavy atom. The Morgan fingerprint density at radius 2 is 0.979 bits per heavy atom. The molecule has 0 fully saturated rings. The first kappa shape index (κ1) is 37.5. The third-order valence-corrected chi connectivity index (χ3v) is 11.3. The Balaban J connectivity index is 2.02. The molecular weight excluding hydrogens is 737 g/mol. The first-order valence-corrected chi connectivity index (χ1v) is 19.7. The van der Waals surface area contributed by atoms with Gasteiger partial charge >= 0.3 is 10.4 Å². The highest BCUT2D eigenvalue weighted by atomic mass is 32.3. The van der Waals surface area contributed by atoms with E-state index in [0.29, 0.717) is 18.2 Å². The number of azo groups is 2.